The highest BCUT2D eigenvalue weighted by molar-refractivity contribution is 5.73. The van der Waals surface area contributed by atoms with Crippen molar-refractivity contribution in [2.75, 3.05) is 5.43 Å². The minimum absolute atomic E-state index is 0.350. The Kier molecular flexibility index (Phi) is 1.95. The topological polar surface area (TPSA) is 104 Å². The third kappa shape index (κ3) is 1.51. The molecule has 7 nitrogen and oxygen atoms in total. The second kappa shape index (κ2) is 2.91. The monoisotopic (exact) mass is 171 g/mol. The minimum Gasteiger partial charge on any atom is -0.464 e. The van der Waals surface area contributed by atoms with E-state index in [1.165, 1.54) is 0 Å². The average molecular weight is 171 g/mol. The molecule has 0 saturated heterocycles. The van der Waals surface area contributed by atoms with E-state index in [-0.39, 0.29) is 0 Å². The lowest BCUT2D eigenvalue weighted by molar-refractivity contribution is 0.205. The highest BCUT2D eigenvalue weighted by Gasteiger charge is 2.01. The number of amides is 1. The largest absolute Gasteiger partial charge is 0.464 e. The van der Waals surface area contributed by atoms with Crippen molar-refractivity contribution in [2.45, 2.75) is 0 Å². The van der Waals surface area contributed by atoms with E-state index in [4.69, 9.17) is 5.11 Å². The van der Waals surface area contributed by atoms with Crippen molar-refractivity contribution in [2.24, 2.45) is 0 Å². The van der Waals surface area contributed by atoms with Crippen LogP contribution in [0.15, 0.2) is 21.9 Å². The highest BCUT2D eigenvalue weighted by atomic mass is 16.4. The van der Waals surface area contributed by atoms with E-state index < -0.39 is 17.3 Å². The fourth-order valence-corrected chi connectivity index (χ4v) is 0.625. The van der Waals surface area contributed by atoms with Gasteiger partial charge in [-0.1, -0.05) is 0 Å². The molecule has 0 saturated carbocycles. The Hall–Kier alpha value is -2.05. The maximum absolute atomic E-state index is 10.8. The number of nitrogens with zero attached hydrogens (tertiary/aromatic N) is 1. The molecule has 1 amide bonds. The molecule has 3 N–H and O–H groups in total. The maximum Gasteiger partial charge on any atom is 0.424 e. The fourth-order valence-electron chi connectivity index (χ4n) is 0.625. The zero-order valence-electron chi connectivity index (χ0n) is 5.77. The van der Waals surface area contributed by atoms with Gasteiger partial charge in [0.1, 0.15) is 0 Å². The van der Waals surface area contributed by atoms with Gasteiger partial charge in [0.05, 0.1) is 0 Å². The van der Waals surface area contributed by atoms with Crippen molar-refractivity contribution in [1.82, 2.24) is 9.66 Å². The summed E-state index contributed by atoms with van der Waals surface area (Å²) in [6.07, 6.45) is -0.348. The number of aromatic amines is 1. The van der Waals surface area contributed by atoms with E-state index in [1.54, 1.807) is 5.43 Å². The summed E-state index contributed by atoms with van der Waals surface area (Å²) in [5.41, 5.74) is 0.0545. The summed E-state index contributed by atoms with van der Waals surface area (Å²) in [6, 6.07) is 1.03. The Morgan fingerprint density at radius 2 is 2.25 bits per heavy atom. The Labute approximate surface area is 65.2 Å². The molecule has 1 heterocycles. The summed E-state index contributed by atoms with van der Waals surface area (Å²) < 4.78 is 0.350. The van der Waals surface area contributed by atoms with E-state index in [0.29, 0.717) is 4.68 Å². The Morgan fingerprint density at radius 3 is 2.75 bits per heavy atom. The number of hydrogen-bond donors (Lipinski definition) is 3. The van der Waals surface area contributed by atoms with Crippen molar-refractivity contribution >= 4 is 6.09 Å². The number of nitrogens with one attached hydrogen (secondary N) is 2. The van der Waals surface area contributed by atoms with Gasteiger partial charge >= 0.3 is 11.8 Å². The molecule has 0 spiro atoms. The van der Waals surface area contributed by atoms with Gasteiger partial charge in [-0.25, -0.2) is 15.0 Å². The van der Waals surface area contributed by atoms with Crippen LogP contribution >= 0.6 is 0 Å². The Balaban J connectivity index is 3.23. The zero-order valence-corrected chi connectivity index (χ0v) is 5.77. The predicted molar refractivity (Wildman–Crippen MR) is 38.7 cm³/mol. The van der Waals surface area contributed by atoms with Crippen LogP contribution in [0, 0.1) is 0 Å². The molecule has 64 valence electrons. The van der Waals surface area contributed by atoms with Crippen molar-refractivity contribution in [1.29, 1.82) is 0 Å². The van der Waals surface area contributed by atoms with E-state index in [9.17, 15) is 14.4 Å². The molecule has 0 aliphatic heterocycles. The molecule has 0 aliphatic rings. The van der Waals surface area contributed by atoms with Gasteiger partial charge in [0, 0.05) is 12.3 Å². The lowest BCUT2D eigenvalue weighted by atomic mass is 10.7. The van der Waals surface area contributed by atoms with Crippen molar-refractivity contribution < 1.29 is 9.90 Å². The predicted octanol–water partition coefficient (Wildman–Crippen LogP) is -1.24. The van der Waals surface area contributed by atoms with Gasteiger partial charge in [-0.2, -0.15) is 4.68 Å². The molecule has 0 aliphatic carbocycles. The quantitative estimate of drug-likeness (QED) is 0.491. The van der Waals surface area contributed by atoms with E-state index in [1.807, 2.05) is 0 Å². The molecule has 1 aromatic heterocycles. The van der Waals surface area contributed by atoms with Crippen LogP contribution in [-0.4, -0.2) is 20.9 Å². The molecule has 0 aromatic carbocycles. The number of hydrogen-bond acceptors (Lipinski definition) is 3. The summed E-state index contributed by atoms with van der Waals surface area (Å²) in [6.45, 7) is 0. The maximum atomic E-state index is 10.8. The summed E-state index contributed by atoms with van der Waals surface area (Å²) in [5.74, 6) is 0. The molecule has 0 unspecified atom stereocenters. The lowest BCUT2D eigenvalue weighted by Gasteiger charge is -1.99. The molecular weight excluding hydrogens is 166 g/mol. The molecule has 7 heteroatoms. The summed E-state index contributed by atoms with van der Waals surface area (Å²) in [5, 5.41) is 8.19. The van der Waals surface area contributed by atoms with Crippen LogP contribution in [0.5, 0.6) is 0 Å². The standard InChI is InChI=1S/C5H5N3O4/c9-3-1-2-6-4(10)8(3)7-5(11)12/h1-2,7H,(H,6,10)(H,11,12). The summed E-state index contributed by atoms with van der Waals surface area (Å²) in [4.78, 5) is 33.7. The van der Waals surface area contributed by atoms with Crippen LogP contribution in [-0.2, 0) is 0 Å². The molecule has 12 heavy (non-hydrogen) atoms. The third-order valence-corrected chi connectivity index (χ3v) is 1.06. The van der Waals surface area contributed by atoms with Gasteiger partial charge in [-0.15, -0.1) is 0 Å². The molecule has 0 bridgehead atoms. The van der Waals surface area contributed by atoms with Crippen LogP contribution in [0.25, 0.3) is 0 Å². The van der Waals surface area contributed by atoms with Gasteiger partial charge in [-0.05, 0) is 0 Å². The normalized spacial score (nSPS) is 9.33. The molecule has 1 aromatic rings. The number of carboxylic acid groups (broad SMARTS) is 1. The number of aromatic nitrogens is 2. The van der Waals surface area contributed by atoms with Gasteiger partial charge in [0.2, 0.25) is 0 Å². The van der Waals surface area contributed by atoms with Gasteiger partial charge < -0.3 is 10.1 Å². The molecule has 1 rings (SSSR count). The van der Waals surface area contributed by atoms with Gasteiger partial charge in [0.15, 0.2) is 0 Å². The van der Waals surface area contributed by atoms with Gasteiger partial charge in [0.25, 0.3) is 5.56 Å². The second-order valence-corrected chi connectivity index (χ2v) is 1.87. The second-order valence-electron chi connectivity index (χ2n) is 1.87. The first-order valence-corrected chi connectivity index (χ1v) is 2.92. The smallest absolute Gasteiger partial charge is 0.424 e. The SMILES string of the molecule is O=C(O)Nn1c(=O)cc[nH]c1=O. The average Bonchev–Trinajstić information content (AvgIpc) is 1.97. The molecular formula is C5H5N3O4. The van der Waals surface area contributed by atoms with Crippen LogP contribution in [0.3, 0.4) is 0 Å². The van der Waals surface area contributed by atoms with Crippen LogP contribution in [0.1, 0.15) is 0 Å². The summed E-state index contributed by atoms with van der Waals surface area (Å²) in [7, 11) is 0. The number of rotatable bonds is 1. The van der Waals surface area contributed by atoms with Crippen molar-refractivity contribution in [3.8, 4) is 0 Å². The van der Waals surface area contributed by atoms with Crippen LogP contribution < -0.4 is 16.7 Å². The summed E-state index contributed by atoms with van der Waals surface area (Å²) >= 11 is 0. The van der Waals surface area contributed by atoms with Gasteiger partial charge in [-0.3, -0.25) is 4.79 Å². The lowest BCUT2D eigenvalue weighted by Crippen LogP contribution is -2.42. The fraction of sp³-hybridized carbons (Fsp3) is 0. The first-order chi connectivity index (χ1) is 5.61. The number of carbonyl (C=O) groups is 1. The Morgan fingerprint density at radius 1 is 1.58 bits per heavy atom. The first kappa shape index (κ1) is 8.05. The van der Waals surface area contributed by atoms with E-state index in [0.717, 1.165) is 12.3 Å². The van der Waals surface area contributed by atoms with Crippen molar-refractivity contribution in [3.63, 3.8) is 0 Å². The molecule has 0 radical (unpaired) electrons. The zero-order chi connectivity index (χ0) is 9.14. The van der Waals surface area contributed by atoms with Crippen LogP contribution in [0.4, 0.5) is 4.79 Å². The van der Waals surface area contributed by atoms with Crippen LogP contribution in [0.2, 0.25) is 0 Å². The number of H-pyrrole nitrogens is 1. The molecule has 0 atom stereocenters. The third-order valence-electron chi connectivity index (χ3n) is 1.06. The highest BCUT2D eigenvalue weighted by Crippen LogP contribution is 1.64. The minimum atomic E-state index is -1.48. The first-order valence-electron chi connectivity index (χ1n) is 2.92. The molecule has 0 fully saturated rings. The Bertz CT molecular complexity index is 375. The van der Waals surface area contributed by atoms with Crippen molar-refractivity contribution in [3.05, 3.63) is 33.1 Å². The van der Waals surface area contributed by atoms with E-state index >= 15 is 0 Å². The van der Waals surface area contributed by atoms with E-state index in [2.05, 4.69) is 4.98 Å².